The maximum atomic E-state index is 11.8. The number of amides is 2. The first-order chi connectivity index (χ1) is 8.35. The van der Waals surface area contributed by atoms with Gasteiger partial charge in [-0.05, 0) is 6.42 Å². The van der Waals surface area contributed by atoms with Crippen molar-refractivity contribution in [3.05, 3.63) is 0 Å². The van der Waals surface area contributed by atoms with Gasteiger partial charge in [0, 0.05) is 19.6 Å². The molecule has 104 valence electrons. The molecular formula is C10H19N3O4S. The van der Waals surface area contributed by atoms with Crippen LogP contribution in [0.25, 0.3) is 0 Å². The number of sulfonamides is 1. The largest absolute Gasteiger partial charge is 0.304 e. The van der Waals surface area contributed by atoms with Gasteiger partial charge in [0.25, 0.3) is 0 Å². The highest BCUT2D eigenvalue weighted by molar-refractivity contribution is 7.88. The van der Waals surface area contributed by atoms with Gasteiger partial charge in [-0.15, -0.1) is 0 Å². The average molecular weight is 277 g/mol. The number of rotatable bonds is 7. The third kappa shape index (κ3) is 4.35. The fourth-order valence-corrected chi connectivity index (χ4v) is 2.26. The molecule has 0 aromatic carbocycles. The average Bonchev–Trinajstić information content (AvgIpc) is 2.51. The maximum Gasteiger partial charge on any atom is 0.246 e. The second kappa shape index (κ2) is 6.26. The monoisotopic (exact) mass is 277 g/mol. The highest BCUT2D eigenvalue weighted by Gasteiger charge is 2.37. The zero-order chi connectivity index (χ0) is 13.8. The molecule has 7 nitrogen and oxygen atoms in total. The second-order valence-corrected chi connectivity index (χ2v) is 6.09. The van der Waals surface area contributed by atoms with Gasteiger partial charge < -0.3 is 5.32 Å². The summed E-state index contributed by atoms with van der Waals surface area (Å²) in [5, 5.41) is 2.88. The number of nitrogens with zero attached hydrogens (tertiary/aromatic N) is 1. The van der Waals surface area contributed by atoms with Gasteiger partial charge in [0.15, 0.2) is 0 Å². The van der Waals surface area contributed by atoms with Crippen molar-refractivity contribution in [3.63, 3.8) is 0 Å². The number of hydrogen-bond donors (Lipinski definition) is 2. The molecule has 0 aromatic heterocycles. The SMILES string of the molecule is CCCN1C(=O)CC(NCCNS(C)(=O)=O)C1=O. The summed E-state index contributed by atoms with van der Waals surface area (Å²) in [5.41, 5.74) is 0. The Hall–Kier alpha value is -0.990. The van der Waals surface area contributed by atoms with E-state index in [1.807, 2.05) is 6.92 Å². The highest BCUT2D eigenvalue weighted by Crippen LogP contribution is 2.12. The van der Waals surface area contributed by atoms with Crippen LogP contribution in [0.4, 0.5) is 0 Å². The molecule has 1 saturated heterocycles. The van der Waals surface area contributed by atoms with Crippen LogP contribution in [-0.4, -0.2) is 57.1 Å². The van der Waals surface area contributed by atoms with Crippen LogP contribution in [0.15, 0.2) is 0 Å². The van der Waals surface area contributed by atoms with E-state index in [-0.39, 0.29) is 24.8 Å². The van der Waals surface area contributed by atoms with Gasteiger partial charge in [-0.25, -0.2) is 13.1 Å². The third-order valence-electron chi connectivity index (χ3n) is 2.57. The molecule has 0 spiro atoms. The second-order valence-electron chi connectivity index (χ2n) is 4.26. The lowest BCUT2D eigenvalue weighted by Gasteiger charge is -2.14. The number of hydrogen-bond acceptors (Lipinski definition) is 5. The minimum Gasteiger partial charge on any atom is -0.304 e. The van der Waals surface area contributed by atoms with Crippen LogP contribution in [0.2, 0.25) is 0 Å². The minimum absolute atomic E-state index is 0.151. The number of carbonyl (C=O) groups excluding carboxylic acids is 2. The molecule has 1 unspecified atom stereocenters. The number of carbonyl (C=O) groups is 2. The van der Waals surface area contributed by atoms with Gasteiger partial charge in [-0.2, -0.15) is 0 Å². The summed E-state index contributed by atoms with van der Waals surface area (Å²) in [7, 11) is -3.22. The van der Waals surface area contributed by atoms with Crippen LogP contribution in [0, 0.1) is 0 Å². The molecule has 1 atom stereocenters. The number of imide groups is 1. The van der Waals surface area contributed by atoms with E-state index < -0.39 is 16.1 Å². The van der Waals surface area contributed by atoms with Gasteiger partial charge in [0.2, 0.25) is 21.8 Å². The molecule has 1 aliphatic heterocycles. The van der Waals surface area contributed by atoms with Gasteiger partial charge in [-0.1, -0.05) is 6.92 Å². The molecule has 1 rings (SSSR count). The number of nitrogens with one attached hydrogen (secondary N) is 2. The van der Waals surface area contributed by atoms with E-state index in [0.717, 1.165) is 12.7 Å². The van der Waals surface area contributed by atoms with E-state index in [1.54, 1.807) is 0 Å². The lowest BCUT2D eigenvalue weighted by molar-refractivity contribution is -0.138. The van der Waals surface area contributed by atoms with E-state index in [2.05, 4.69) is 10.0 Å². The highest BCUT2D eigenvalue weighted by atomic mass is 32.2. The van der Waals surface area contributed by atoms with Crippen LogP contribution < -0.4 is 10.0 Å². The van der Waals surface area contributed by atoms with E-state index in [4.69, 9.17) is 0 Å². The zero-order valence-electron chi connectivity index (χ0n) is 10.6. The Morgan fingerprint density at radius 1 is 1.33 bits per heavy atom. The molecule has 0 radical (unpaired) electrons. The first-order valence-electron chi connectivity index (χ1n) is 5.87. The smallest absolute Gasteiger partial charge is 0.246 e. The van der Waals surface area contributed by atoms with Crippen molar-refractivity contribution in [1.29, 1.82) is 0 Å². The summed E-state index contributed by atoms with van der Waals surface area (Å²) in [6.45, 7) is 2.86. The molecule has 0 saturated carbocycles. The summed E-state index contributed by atoms with van der Waals surface area (Å²) in [6.07, 6.45) is 1.96. The Labute approximate surface area is 107 Å². The molecule has 2 amide bonds. The molecule has 18 heavy (non-hydrogen) atoms. The summed E-state index contributed by atoms with van der Waals surface area (Å²) >= 11 is 0. The quantitative estimate of drug-likeness (QED) is 0.444. The van der Waals surface area contributed by atoms with E-state index in [1.165, 1.54) is 4.90 Å². The summed E-state index contributed by atoms with van der Waals surface area (Å²) in [6, 6.07) is -0.523. The topological polar surface area (TPSA) is 95.6 Å². The van der Waals surface area contributed by atoms with Gasteiger partial charge in [0.1, 0.15) is 0 Å². The van der Waals surface area contributed by atoms with Crippen molar-refractivity contribution in [2.24, 2.45) is 0 Å². The molecule has 0 aliphatic carbocycles. The van der Waals surface area contributed by atoms with Crippen molar-refractivity contribution < 1.29 is 18.0 Å². The Morgan fingerprint density at radius 2 is 2.00 bits per heavy atom. The van der Waals surface area contributed by atoms with Crippen LogP contribution in [0.1, 0.15) is 19.8 Å². The van der Waals surface area contributed by atoms with Crippen molar-refractivity contribution in [1.82, 2.24) is 14.9 Å². The molecule has 2 N–H and O–H groups in total. The molecule has 1 aliphatic rings. The lowest BCUT2D eigenvalue weighted by atomic mass is 10.2. The van der Waals surface area contributed by atoms with E-state index in [0.29, 0.717) is 13.1 Å². The predicted molar refractivity (Wildman–Crippen MR) is 66.3 cm³/mol. The molecule has 8 heteroatoms. The van der Waals surface area contributed by atoms with Crippen LogP contribution in [0.5, 0.6) is 0 Å². The fourth-order valence-electron chi connectivity index (χ4n) is 1.78. The Morgan fingerprint density at radius 3 is 2.56 bits per heavy atom. The van der Waals surface area contributed by atoms with Crippen molar-refractivity contribution in [2.45, 2.75) is 25.8 Å². The number of likely N-dealkylation sites (tertiary alicyclic amines) is 1. The standard InChI is InChI=1S/C10H19N3O4S/c1-3-6-13-9(14)7-8(10(13)15)11-4-5-12-18(2,16)17/h8,11-12H,3-7H2,1-2H3. The maximum absolute atomic E-state index is 11.8. The Kier molecular flexibility index (Phi) is 5.24. The van der Waals surface area contributed by atoms with Crippen LogP contribution >= 0.6 is 0 Å². The van der Waals surface area contributed by atoms with Gasteiger partial charge >= 0.3 is 0 Å². The summed E-state index contributed by atoms with van der Waals surface area (Å²) in [4.78, 5) is 24.6. The first kappa shape index (κ1) is 15.1. The molecule has 0 bridgehead atoms. The van der Waals surface area contributed by atoms with Gasteiger partial charge in [0.05, 0.1) is 18.7 Å². The van der Waals surface area contributed by atoms with Crippen molar-refractivity contribution in [2.75, 3.05) is 25.9 Å². The van der Waals surface area contributed by atoms with Crippen molar-refractivity contribution in [3.8, 4) is 0 Å². The molecule has 0 aromatic rings. The summed E-state index contributed by atoms with van der Waals surface area (Å²) < 4.78 is 23.9. The Bertz CT molecular complexity index is 421. The van der Waals surface area contributed by atoms with Crippen LogP contribution in [0.3, 0.4) is 0 Å². The zero-order valence-corrected chi connectivity index (χ0v) is 11.4. The molecule has 1 heterocycles. The predicted octanol–water partition coefficient (Wildman–Crippen LogP) is -1.34. The molecule has 1 fully saturated rings. The first-order valence-corrected chi connectivity index (χ1v) is 7.76. The van der Waals surface area contributed by atoms with E-state index in [9.17, 15) is 18.0 Å². The fraction of sp³-hybridized carbons (Fsp3) is 0.800. The third-order valence-corrected chi connectivity index (χ3v) is 3.30. The molecular weight excluding hydrogens is 258 g/mol. The van der Waals surface area contributed by atoms with Gasteiger partial charge in [-0.3, -0.25) is 14.5 Å². The van der Waals surface area contributed by atoms with Crippen LogP contribution in [-0.2, 0) is 19.6 Å². The normalized spacial score (nSPS) is 20.8. The van der Waals surface area contributed by atoms with Crippen molar-refractivity contribution >= 4 is 21.8 Å². The van der Waals surface area contributed by atoms with E-state index >= 15 is 0 Å². The minimum atomic E-state index is -3.22. The summed E-state index contributed by atoms with van der Waals surface area (Å²) in [5.74, 6) is -0.392. The lowest BCUT2D eigenvalue weighted by Crippen LogP contribution is -2.42. The Balaban J connectivity index is 2.36.